The molecule has 1 atom stereocenters. The van der Waals surface area contributed by atoms with E-state index in [0.717, 1.165) is 25.7 Å². The minimum Gasteiger partial charge on any atom is -0.481 e. The quantitative estimate of drug-likeness (QED) is 0.691. The first-order chi connectivity index (χ1) is 10.6. The predicted molar refractivity (Wildman–Crippen MR) is 84.4 cm³/mol. The number of carbonyl (C=O) groups is 3. The van der Waals surface area contributed by atoms with E-state index in [1.54, 1.807) is 16.7 Å². The van der Waals surface area contributed by atoms with E-state index in [1.807, 2.05) is 0 Å². The van der Waals surface area contributed by atoms with Crippen LogP contribution in [-0.4, -0.2) is 52.0 Å². The summed E-state index contributed by atoms with van der Waals surface area (Å²) in [5.74, 6) is 0.572. The third kappa shape index (κ3) is 4.63. The smallest absolute Gasteiger partial charge is 0.303 e. The van der Waals surface area contributed by atoms with Gasteiger partial charge in [0.25, 0.3) is 0 Å². The second-order valence-electron chi connectivity index (χ2n) is 5.95. The fourth-order valence-electron chi connectivity index (χ4n) is 3.01. The topological polar surface area (TPSA) is 86.7 Å². The van der Waals surface area contributed by atoms with Crippen molar-refractivity contribution in [2.75, 3.05) is 18.2 Å². The average Bonchev–Trinajstić information content (AvgIpc) is 3.17. The van der Waals surface area contributed by atoms with Crippen LogP contribution < -0.4 is 5.32 Å². The fourth-order valence-corrected chi connectivity index (χ4v) is 4.18. The zero-order chi connectivity index (χ0) is 15.9. The van der Waals surface area contributed by atoms with Crippen LogP contribution in [0.2, 0.25) is 0 Å². The number of nitrogens with zero attached hydrogens (tertiary/aromatic N) is 1. The van der Waals surface area contributed by atoms with Crippen molar-refractivity contribution in [3.63, 3.8) is 0 Å². The van der Waals surface area contributed by atoms with Crippen molar-refractivity contribution in [1.82, 2.24) is 10.2 Å². The van der Waals surface area contributed by atoms with Crippen molar-refractivity contribution in [3.8, 4) is 0 Å². The van der Waals surface area contributed by atoms with Gasteiger partial charge in [0.05, 0.1) is 5.88 Å². The van der Waals surface area contributed by atoms with E-state index in [1.165, 1.54) is 0 Å². The number of nitrogens with one attached hydrogen (secondary N) is 1. The molecule has 0 spiro atoms. The van der Waals surface area contributed by atoms with Crippen molar-refractivity contribution in [3.05, 3.63) is 0 Å². The SMILES string of the molecule is O=C(O)CCCCNC(=O)C1CSCN1C(=O)C1CCCC1. The lowest BCUT2D eigenvalue weighted by Gasteiger charge is -2.25. The standard InChI is InChI=1S/C15H24N2O4S/c18-13(19)7-3-4-8-16-14(20)12-9-22-10-17(12)15(21)11-5-1-2-6-11/h11-12H,1-10H2,(H,16,20)(H,18,19). The molecule has 0 bridgehead atoms. The molecule has 0 aromatic carbocycles. The summed E-state index contributed by atoms with van der Waals surface area (Å²) in [4.78, 5) is 36.9. The average molecular weight is 328 g/mol. The molecule has 1 saturated heterocycles. The Labute approximate surface area is 135 Å². The Balaban J connectivity index is 1.75. The second-order valence-corrected chi connectivity index (χ2v) is 6.95. The normalized spacial score (nSPS) is 22.0. The van der Waals surface area contributed by atoms with Crippen LogP contribution in [0.3, 0.4) is 0 Å². The maximum absolute atomic E-state index is 12.5. The highest BCUT2D eigenvalue weighted by Crippen LogP contribution is 2.30. The number of hydrogen-bond acceptors (Lipinski definition) is 4. The zero-order valence-corrected chi connectivity index (χ0v) is 13.6. The van der Waals surface area contributed by atoms with Gasteiger partial charge >= 0.3 is 5.97 Å². The summed E-state index contributed by atoms with van der Waals surface area (Å²) in [6, 6.07) is -0.363. The van der Waals surface area contributed by atoms with Crippen molar-refractivity contribution in [2.45, 2.75) is 51.0 Å². The minimum atomic E-state index is -0.813. The molecule has 0 aromatic rings. The van der Waals surface area contributed by atoms with Crippen molar-refractivity contribution in [2.24, 2.45) is 5.92 Å². The highest BCUT2D eigenvalue weighted by Gasteiger charge is 2.38. The Morgan fingerprint density at radius 1 is 1.18 bits per heavy atom. The molecule has 2 aliphatic rings. The van der Waals surface area contributed by atoms with E-state index in [2.05, 4.69) is 5.32 Å². The van der Waals surface area contributed by atoms with Gasteiger partial charge in [-0.3, -0.25) is 14.4 Å². The number of unbranched alkanes of at least 4 members (excludes halogenated alkanes) is 1. The summed E-state index contributed by atoms with van der Waals surface area (Å²) in [5.41, 5.74) is 0. The summed E-state index contributed by atoms with van der Waals surface area (Å²) in [6.45, 7) is 0.471. The second kappa shape index (κ2) is 8.41. The lowest BCUT2D eigenvalue weighted by molar-refractivity contribution is -0.141. The van der Waals surface area contributed by atoms with Crippen molar-refractivity contribution >= 4 is 29.5 Å². The molecule has 2 N–H and O–H groups in total. The Kier molecular flexibility index (Phi) is 6.54. The number of aliphatic carboxylic acids is 1. The molecular formula is C15H24N2O4S. The first-order valence-corrected chi connectivity index (χ1v) is 9.13. The van der Waals surface area contributed by atoms with E-state index in [4.69, 9.17) is 5.11 Å². The predicted octanol–water partition coefficient (Wildman–Crippen LogP) is 1.45. The van der Waals surface area contributed by atoms with Gasteiger partial charge in [0.15, 0.2) is 0 Å². The molecule has 2 amide bonds. The molecular weight excluding hydrogens is 304 g/mol. The van der Waals surface area contributed by atoms with Crippen molar-refractivity contribution in [1.29, 1.82) is 0 Å². The fraction of sp³-hybridized carbons (Fsp3) is 0.800. The Morgan fingerprint density at radius 2 is 1.91 bits per heavy atom. The molecule has 2 rings (SSSR count). The number of hydrogen-bond donors (Lipinski definition) is 2. The number of amides is 2. The van der Waals surface area contributed by atoms with E-state index in [9.17, 15) is 14.4 Å². The van der Waals surface area contributed by atoms with Crippen LogP contribution in [0.5, 0.6) is 0 Å². The zero-order valence-electron chi connectivity index (χ0n) is 12.8. The monoisotopic (exact) mass is 328 g/mol. The van der Waals surface area contributed by atoms with Crippen LogP contribution in [0, 0.1) is 5.92 Å². The van der Waals surface area contributed by atoms with Crippen LogP contribution in [0.15, 0.2) is 0 Å². The van der Waals surface area contributed by atoms with Gasteiger partial charge in [0.2, 0.25) is 11.8 Å². The summed E-state index contributed by atoms with van der Waals surface area (Å²) in [6.07, 6.45) is 5.44. The highest BCUT2D eigenvalue weighted by atomic mass is 32.2. The molecule has 0 aromatic heterocycles. The van der Waals surface area contributed by atoms with Gasteiger partial charge < -0.3 is 15.3 Å². The number of carbonyl (C=O) groups excluding carboxylic acids is 2. The molecule has 1 unspecified atom stereocenters. The largest absolute Gasteiger partial charge is 0.481 e. The van der Waals surface area contributed by atoms with Gasteiger partial charge in [0, 0.05) is 24.6 Å². The van der Waals surface area contributed by atoms with Gasteiger partial charge in [-0.05, 0) is 25.7 Å². The molecule has 6 nitrogen and oxygen atoms in total. The number of thioether (sulfide) groups is 1. The van der Waals surface area contributed by atoms with Gasteiger partial charge in [-0.25, -0.2) is 0 Å². The van der Waals surface area contributed by atoms with Crippen LogP contribution >= 0.6 is 11.8 Å². The van der Waals surface area contributed by atoms with E-state index in [0.29, 0.717) is 31.0 Å². The molecule has 1 heterocycles. The lowest BCUT2D eigenvalue weighted by atomic mass is 10.1. The van der Waals surface area contributed by atoms with Crippen LogP contribution in [-0.2, 0) is 14.4 Å². The molecule has 1 aliphatic heterocycles. The minimum absolute atomic E-state index is 0.101. The van der Waals surface area contributed by atoms with Gasteiger partial charge in [0.1, 0.15) is 6.04 Å². The maximum Gasteiger partial charge on any atom is 0.303 e. The van der Waals surface area contributed by atoms with E-state index in [-0.39, 0.29) is 30.2 Å². The first-order valence-electron chi connectivity index (χ1n) is 7.97. The lowest BCUT2D eigenvalue weighted by Crippen LogP contribution is -2.48. The molecule has 1 aliphatic carbocycles. The first kappa shape index (κ1) is 17.1. The third-order valence-electron chi connectivity index (χ3n) is 4.29. The summed E-state index contributed by atoms with van der Waals surface area (Å²) in [7, 11) is 0. The van der Waals surface area contributed by atoms with Gasteiger partial charge in [-0.2, -0.15) is 0 Å². The molecule has 1 saturated carbocycles. The summed E-state index contributed by atoms with van der Waals surface area (Å²) in [5, 5.41) is 11.4. The van der Waals surface area contributed by atoms with Crippen LogP contribution in [0.1, 0.15) is 44.9 Å². The molecule has 2 fully saturated rings. The van der Waals surface area contributed by atoms with Gasteiger partial charge in [-0.15, -0.1) is 11.8 Å². The molecule has 0 radical (unpaired) electrons. The summed E-state index contributed by atoms with van der Waals surface area (Å²) >= 11 is 1.62. The Bertz CT molecular complexity index is 424. The summed E-state index contributed by atoms with van der Waals surface area (Å²) < 4.78 is 0. The van der Waals surface area contributed by atoms with Crippen molar-refractivity contribution < 1.29 is 19.5 Å². The van der Waals surface area contributed by atoms with Crippen LogP contribution in [0.4, 0.5) is 0 Å². The Morgan fingerprint density at radius 3 is 2.59 bits per heavy atom. The number of rotatable bonds is 7. The highest BCUT2D eigenvalue weighted by molar-refractivity contribution is 7.99. The van der Waals surface area contributed by atoms with E-state index >= 15 is 0 Å². The van der Waals surface area contributed by atoms with E-state index < -0.39 is 5.97 Å². The Hall–Kier alpha value is -1.24. The van der Waals surface area contributed by atoms with Gasteiger partial charge in [-0.1, -0.05) is 12.8 Å². The maximum atomic E-state index is 12.5. The van der Waals surface area contributed by atoms with Crippen LogP contribution in [0.25, 0.3) is 0 Å². The third-order valence-corrected chi connectivity index (χ3v) is 5.30. The molecule has 22 heavy (non-hydrogen) atoms. The molecule has 7 heteroatoms. The number of carboxylic acids is 1. The number of carboxylic acid groups (broad SMARTS) is 1. The molecule has 124 valence electrons.